The van der Waals surface area contributed by atoms with Gasteiger partial charge in [-0.2, -0.15) is 11.3 Å². The lowest BCUT2D eigenvalue weighted by molar-refractivity contribution is 0.0761. The minimum Gasteiger partial charge on any atom is -0.337 e. The molecule has 1 fully saturated rings. The van der Waals surface area contributed by atoms with Gasteiger partial charge in [-0.25, -0.2) is 0 Å². The molecule has 5 heteroatoms. The highest BCUT2D eigenvalue weighted by Crippen LogP contribution is 2.13. The van der Waals surface area contributed by atoms with Gasteiger partial charge in [0.15, 0.2) is 0 Å². The molecule has 4 nitrogen and oxygen atoms in total. The van der Waals surface area contributed by atoms with Gasteiger partial charge in [0.1, 0.15) is 0 Å². The lowest BCUT2D eigenvalue weighted by Crippen LogP contribution is -2.34. The van der Waals surface area contributed by atoms with Gasteiger partial charge in [-0.1, -0.05) is 6.07 Å². The molecule has 2 aromatic rings. The van der Waals surface area contributed by atoms with Crippen molar-refractivity contribution in [2.45, 2.75) is 13.0 Å². The SMILES string of the molecule is O=C(c1ccsc1)N1CCCN(Cc2ccccn2)CC1. The van der Waals surface area contributed by atoms with E-state index in [-0.39, 0.29) is 5.91 Å². The Hall–Kier alpha value is -1.72. The number of amides is 1. The number of aromatic nitrogens is 1. The number of nitrogens with zero attached hydrogens (tertiary/aromatic N) is 3. The second-order valence-corrected chi connectivity index (χ2v) is 6.04. The summed E-state index contributed by atoms with van der Waals surface area (Å²) in [6, 6.07) is 7.92. The first kappa shape index (κ1) is 14.2. The fourth-order valence-corrected chi connectivity index (χ4v) is 3.25. The van der Waals surface area contributed by atoms with E-state index in [0.717, 1.165) is 50.4 Å². The third-order valence-corrected chi connectivity index (χ3v) is 4.44. The topological polar surface area (TPSA) is 36.4 Å². The molecular formula is C16H19N3OS. The predicted octanol–water partition coefficient (Wildman–Crippen LogP) is 2.49. The average molecular weight is 301 g/mol. The van der Waals surface area contributed by atoms with Crippen LogP contribution in [0.1, 0.15) is 22.5 Å². The molecule has 110 valence electrons. The van der Waals surface area contributed by atoms with Crippen molar-refractivity contribution in [1.82, 2.24) is 14.8 Å². The fourth-order valence-electron chi connectivity index (χ4n) is 2.62. The molecule has 0 bridgehead atoms. The molecule has 1 amide bonds. The smallest absolute Gasteiger partial charge is 0.254 e. The molecule has 0 aromatic carbocycles. The van der Waals surface area contributed by atoms with Crippen LogP contribution >= 0.6 is 11.3 Å². The minimum absolute atomic E-state index is 0.163. The Balaban J connectivity index is 1.58. The molecule has 0 saturated carbocycles. The normalized spacial score (nSPS) is 16.7. The molecule has 0 aliphatic carbocycles. The van der Waals surface area contributed by atoms with Crippen LogP contribution in [0.15, 0.2) is 41.2 Å². The molecule has 1 aliphatic heterocycles. The van der Waals surface area contributed by atoms with Crippen LogP contribution in [-0.2, 0) is 6.54 Å². The van der Waals surface area contributed by atoms with Crippen molar-refractivity contribution < 1.29 is 4.79 Å². The number of pyridine rings is 1. The summed E-state index contributed by atoms with van der Waals surface area (Å²) in [5.74, 6) is 0.163. The van der Waals surface area contributed by atoms with Crippen LogP contribution in [0.25, 0.3) is 0 Å². The molecule has 1 aliphatic rings. The molecule has 0 N–H and O–H groups in total. The van der Waals surface area contributed by atoms with Crippen molar-refractivity contribution in [3.8, 4) is 0 Å². The number of rotatable bonds is 3. The molecule has 0 radical (unpaired) electrons. The van der Waals surface area contributed by atoms with Gasteiger partial charge in [-0.15, -0.1) is 0 Å². The van der Waals surface area contributed by atoms with E-state index in [2.05, 4.69) is 16.0 Å². The van der Waals surface area contributed by atoms with Gasteiger partial charge in [0.2, 0.25) is 0 Å². The van der Waals surface area contributed by atoms with Gasteiger partial charge < -0.3 is 4.90 Å². The van der Waals surface area contributed by atoms with Crippen LogP contribution in [0.2, 0.25) is 0 Å². The first-order valence-corrected chi connectivity index (χ1v) is 8.21. The van der Waals surface area contributed by atoms with E-state index < -0.39 is 0 Å². The number of carbonyl (C=O) groups is 1. The minimum atomic E-state index is 0.163. The molecule has 3 heterocycles. The Kier molecular flexibility index (Phi) is 4.62. The molecular weight excluding hydrogens is 282 g/mol. The van der Waals surface area contributed by atoms with Crippen molar-refractivity contribution in [3.63, 3.8) is 0 Å². The molecule has 2 aromatic heterocycles. The largest absolute Gasteiger partial charge is 0.337 e. The van der Waals surface area contributed by atoms with Gasteiger partial charge in [0, 0.05) is 44.3 Å². The van der Waals surface area contributed by atoms with Gasteiger partial charge >= 0.3 is 0 Å². The van der Waals surface area contributed by atoms with Gasteiger partial charge in [-0.05, 0) is 30.0 Å². The second-order valence-electron chi connectivity index (χ2n) is 5.26. The van der Waals surface area contributed by atoms with Crippen molar-refractivity contribution >= 4 is 17.2 Å². The van der Waals surface area contributed by atoms with Crippen LogP contribution in [0.3, 0.4) is 0 Å². The van der Waals surface area contributed by atoms with E-state index in [1.807, 2.05) is 40.1 Å². The van der Waals surface area contributed by atoms with Crippen molar-refractivity contribution in [2.75, 3.05) is 26.2 Å². The highest BCUT2D eigenvalue weighted by atomic mass is 32.1. The van der Waals surface area contributed by atoms with E-state index in [1.165, 1.54) is 0 Å². The zero-order chi connectivity index (χ0) is 14.5. The van der Waals surface area contributed by atoms with Gasteiger partial charge in [0.25, 0.3) is 5.91 Å². The fraction of sp³-hybridized carbons (Fsp3) is 0.375. The van der Waals surface area contributed by atoms with Crippen molar-refractivity contribution in [2.24, 2.45) is 0 Å². The molecule has 0 unspecified atom stereocenters. The third kappa shape index (κ3) is 3.68. The van der Waals surface area contributed by atoms with Crippen molar-refractivity contribution in [1.29, 1.82) is 0 Å². The Labute approximate surface area is 129 Å². The predicted molar refractivity (Wildman–Crippen MR) is 84.4 cm³/mol. The lowest BCUT2D eigenvalue weighted by atomic mass is 10.3. The molecule has 21 heavy (non-hydrogen) atoms. The monoisotopic (exact) mass is 301 g/mol. The summed E-state index contributed by atoms with van der Waals surface area (Å²) < 4.78 is 0. The highest BCUT2D eigenvalue weighted by molar-refractivity contribution is 7.08. The maximum Gasteiger partial charge on any atom is 0.254 e. The van der Waals surface area contributed by atoms with E-state index in [1.54, 1.807) is 11.3 Å². The van der Waals surface area contributed by atoms with Crippen molar-refractivity contribution in [3.05, 3.63) is 52.5 Å². The molecule has 3 rings (SSSR count). The second kappa shape index (κ2) is 6.83. The first-order chi connectivity index (χ1) is 10.3. The average Bonchev–Trinajstić information content (AvgIpc) is 2.95. The maximum absolute atomic E-state index is 12.4. The van der Waals surface area contributed by atoms with E-state index in [4.69, 9.17) is 0 Å². The summed E-state index contributed by atoms with van der Waals surface area (Å²) in [6.07, 6.45) is 2.85. The molecule has 0 atom stereocenters. The van der Waals surface area contributed by atoms with Gasteiger partial charge in [0.05, 0.1) is 11.3 Å². The van der Waals surface area contributed by atoms with Gasteiger partial charge in [-0.3, -0.25) is 14.7 Å². The summed E-state index contributed by atoms with van der Waals surface area (Å²) >= 11 is 1.57. The van der Waals surface area contributed by atoms with Crippen LogP contribution in [0.5, 0.6) is 0 Å². The lowest BCUT2D eigenvalue weighted by Gasteiger charge is -2.21. The number of hydrogen-bond acceptors (Lipinski definition) is 4. The molecule has 0 spiro atoms. The molecule has 1 saturated heterocycles. The summed E-state index contributed by atoms with van der Waals surface area (Å²) in [5.41, 5.74) is 1.91. The summed E-state index contributed by atoms with van der Waals surface area (Å²) in [6.45, 7) is 4.42. The summed E-state index contributed by atoms with van der Waals surface area (Å²) in [7, 11) is 0. The van der Waals surface area contributed by atoms with Crippen LogP contribution in [0.4, 0.5) is 0 Å². The summed E-state index contributed by atoms with van der Waals surface area (Å²) in [4.78, 5) is 21.1. The van der Waals surface area contributed by atoms with Crippen LogP contribution < -0.4 is 0 Å². The maximum atomic E-state index is 12.4. The zero-order valence-corrected chi connectivity index (χ0v) is 12.8. The number of thiophene rings is 1. The summed E-state index contributed by atoms with van der Waals surface area (Å²) in [5, 5.41) is 3.89. The first-order valence-electron chi connectivity index (χ1n) is 7.26. The van der Waals surface area contributed by atoms with Crippen LogP contribution in [0, 0.1) is 0 Å². The quantitative estimate of drug-likeness (QED) is 0.874. The Morgan fingerprint density at radius 1 is 1.19 bits per heavy atom. The third-order valence-electron chi connectivity index (χ3n) is 3.76. The zero-order valence-electron chi connectivity index (χ0n) is 11.9. The standard InChI is InChI=1S/C16H19N3OS/c20-16(14-5-11-21-13-14)19-8-3-7-18(9-10-19)12-15-4-1-2-6-17-15/h1-2,4-6,11,13H,3,7-10,12H2. The Bertz CT molecular complexity index is 570. The highest BCUT2D eigenvalue weighted by Gasteiger charge is 2.20. The number of carbonyl (C=O) groups excluding carboxylic acids is 1. The number of hydrogen-bond donors (Lipinski definition) is 0. The van der Waals surface area contributed by atoms with E-state index in [0.29, 0.717) is 0 Å². The Morgan fingerprint density at radius 2 is 2.14 bits per heavy atom. The van der Waals surface area contributed by atoms with Crippen LogP contribution in [-0.4, -0.2) is 46.9 Å². The van der Waals surface area contributed by atoms with E-state index >= 15 is 0 Å². The Morgan fingerprint density at radius 3 is 2.90 bits per heavy atom. The van der Waals surface area contributed by atoms with E-state index in [9.17, 15) is 4.79 Å².